The predicted molar refractivity (Wildman–Crippen MR) is 139 cm³/mol. The number of nitrogens with one attached hydrogen (secondary N) is 2. The van der Waals surface area contributed by atoms with Gasteiger partial charge in [-0.05, 0) is 36.4 Å². The van der Waals surface area contributed by atoms with Crippen LogP contribution in [-0.4, -0.2) is 60.0 Å². The molecule has 174 valence electrons. The highest BCUT2D eigenvalue weighted by atomic mass is 35.5. The number of carbonyl (C=O) groups is 1. The molecule has 2 N–H and O–H groups in total. The van der Waals surface area contributed by atoms with Gasteiger partial charge in [0.2, 0.25) is 5.91 Å². The van der Waals surface area contributed by atoms with Gasteiger partial charge in [0.1, 0.15) is 17.2 Å². The molecule has 1 aliphatic heterocycles. The van der Waals surface area contributed by atoms with Crippen molar-refractivity contribution in [2.75, 3.05) is 55.3 Å². The summed E-state index contributed by atoms with van der Waals surface area (Å²) in [5.41, 5.74) is 4.71. The second-order valence-corrected chi connectivity index (χ2v) is 8.65. The number of pyridine rings is 1. The molecule has 0 radical (unpaired) electrons. The Morgan fingerprint density at radius 2 is 1.71 bits per heavy atom. The molecule has 0 unspecified atom stereocenters. The van der Waals surface area contributed by atoms with Crippen LogP contribution in [0.15, 0.2) is 72.9 Å². The van der Waals surface area contributed by atoms with E-state index in [2.05, 4.69) is 15.5 Å². The van der Waals surface area contributed by atoms with E-state index >= 15 is 0 Å². The van der Waals surface area contributed by atoms with Crippen molar-refractivity contribution in [3.8, 4) is 11.3 Å². The molecule has 4 aromatic rings. The van der Waals surface area contributed by atoms with Gasteiger partial charge >= 0.3 is 0 Å². The van der Waals surface area contributed by atoms with Crippen LogP contribution in [0.4, 0.5) is 17.2 Å². The van der Waals surface area contributed by atoms with Gasteiger partial charge in [0, 0.05) is 50.7 Å². The number of imidazole rings is 1. The minimum atomic E-state index is 0.0705. The third-order valence-electron chi connectivity index (χ3n) is 6.21. The molecule has 2 aromatic carbocycles. The summed E-state index contributed by atoms with van der Waals surface area (Å²) in [6.45, 7) is 3.05. The SMILES string of the molecule is CNc1ccc(-c2nc3ccccn3c2NCC(=O)N2CCN(c3ccccc3Cl)CC2)cc1. The van der Waals surface area contributed by atoms with Gasteiger partial charge < -0.3 is 20.4 Å². The van der Waals surface area contributed by atoms with Gasteiger partial charge in [-0.2, -0.15) is 0 Å². The number of piperazine rings is 1. The van der Waals surface area contributed by atoms with E-state index in [9.17, 15) is 4.79 Å². The lowest BCUT2D eigenvalue weighted by Gasteiger charge is -2.36. The minimum Gasteiger partial charge on any atom is -0.388 e. The fraction of sp³-hybridized carbons (Fsp3) is 0.231. The summed E-state index contributed by atoms with van der Waals surface area (Å²) in [5.74, 6) is 0.886. The van der Waals surface area contributed by atoms with E-state index in [0.29, 0.717) is 13.1 Å². The minimum absolute atomic E-state index is 0.0705. The Kier molecular flexibility index (Phi) is 6.27. The Balaban J connectivity index is 1.29. The number of aromatic nitrogens is 2. The van der Waals surface area contributed by atoms with Gasteiger partial charge in [-0.25, -0.2) is 4.98 Å². The van der Waals surface area contributed by atoms with Gasteiger partial charge in [-0.1, -0.05) is 41.9 Å². The monoisotopic (exact) mass is 474 g/mol. The molecule has 1 fully saturated rings. The third kappa shape index (κ3) is 4.39. The Bertz CT molecular complexity index is 1290. The molecule has 1 aliphatic rings. The summed E-state index contributed by atoms with van der Waals surface area (Å²) < 4.78 is 1.99. The molecule has 1 amide bonds. The van der Waals surface area contributed by atoms with E-state index in [4.69, 9.17) is 16.6 Å². The van der Waals surface area contributed by atoms with E-state index in [-0.39, 0.29) is 12.5 Å². The predicted octanol–water partition coefficient (Wildman–Crippen LogP) is 4.46. The van der Waals surface area contributed by atoms with Crippen molar-refractivity contribution in [3.05, 3.63) is 77.9 Å². The van der Waals surface area contributed by atoms with E-state index in [0.717, 1.165) is 52.2 Å². The standard InChI is InChI=1S/C26H27ClN6O/c1-28-20-11-9-19(10-12-20)25-26(33-13-5-4-8-23(33)30-25)29-18-24(34)32-16-14-31(15-17-32)22-7-3-2-6-21(22)27/h2-13,28-29H,14-18H2,1H3. The maximum absolute atomic E-state index is 13.1. The summed E-state index contributed by atoms with van der Waals surface area (Å²) in [6, 6.07) is 21.8. The molecule has 0 spiro atoms. The number of carbonyl (C=O) groups excluding carboxylic acids is 1. The zero-order valence-electron chi connectivity index (χ0n) is 19.0. The summed E-state index contributed by atoms with van der Waals surface area (Å²) in [7, 11) is 1.90. The first-order valence-corrected chi connectivity index (χ1v) is 11.8. The molecule has 34 heavy (non-hydrogen) atoms. The number of fused-ring (bicyclic) bond motifs is 1. The van der Waals surface area contributed by atoms with Crippen LogP contribution in [0.25, 0.3) is 16.9 Å². The normalized spacial score (nSPS) is 13.8. The summed E-state index contributed by atoms with van der Waals surface area (Å²) in [4.78, 5) is 22.0. The van der Waals surface area contributed by atoms with Crippen molar-refractivity contribution < 1.29 is 4.79 Å². The molecule has 7 nitrogen and oxygen atoms in total. The zero-order valence-corrected chi connectivity index (χ0v) is 19.8. The number of nitrogens with zero attached hydrogens (tertiary/aromatic N) is 4. The van der Waals surface area contributed by atoms with E-state index in [1.807, 2.05) is 89.3 Å². The topological polar surface area (TPSA) is 64.9 Å². The number of hydrogen-bond donors (Lipinski definition) is 2. The van der Waals surface area contributed by atoms with Crippen LogP contribution in [-0.2, 0) is 4.79 Å². The molecule has 0 bridgehead atoms. The Hall–Kier alpha value is -3.71. The molecule has 0 saturated carbocycles. The molecular weight excluding hydrogens is 448 g/mol. The van der Waals surface area contributed by atoms with Crippen LogP contribution >= 0.6 is 11.6 Å². The lowest BCUT2D eigenvalue weighted by atomic mass is 10.1. The zero-order chi connectivity index (χ0) is 23.5. The fourth-order valence-electron chi connectivity index (χ4n) is 4.34. The molecule has 0 atom stereocenters. The molecule has 5 rings (SSSR count). The molecular formula is C26H27ClN6O. The van der Waals surface area contributed by atoms with Crippen molar-refractivity contribution in [2.45, 2.75) is 0 Å². The Morgan fingerprint density at radius 3 is 2.44 bits per heavy atom. The lowest BCUT2D eigenvalue weighted by molar-refractivity contribution is -0.129. The summed E-state index contributed by atoms with van der Waals surface area (Å²) in [5, 5.41) is 7.25. The van der Waals surface area contributed by atoms with Crippen molar-refractivity contribution in [1.29, 1.82) is 0 Å². The van der Waals surface area contributed by atoms with Crippen molar-refractivity contribution in [2.24, 2.45) is 0 Å². The maximum Gasteiger partial charge on any atom is 0.242 e. The van der Waals surface area contributed by atoms with Gasteiger partial charge in [-0.3, -0.25) is 9.20 Å². The first-order valence-electron chi connectivity index (χ1n) is 11.4. The maximum atomic E-state index is 13.1. The van der Waals surface area contributed by atoms with Gasteiger partial charge in [0.25, 0.3) is 0 Å². The van der Waals surface area contributed by atoms with Crippen LogP contribution in [0.2, 0.25) is 5.02 Å². The summed E-state index contributed by atoms with van der Waals surface area (Å²) in [6.07, 6.45) is 1.96. The largest absolute Gasteiger partial charge is 0.388 e. The Labute approximate surface area is 204 Å². The highest BCUT2D eigenvalue weighted by Crippen LogP contribution is 2.30. The second-order valence-electron chi connectivity index (χ2n) is 8.24. The Morgan fingerprint density at radius 1 is 0.971 bits per heavy atom. The average Bonchev–Trinajstić information content (AvgIpc) is 3.26. The van der Waals surface area contributed by atoms with E-state index < -0.39 is 0 Å². The van der Waals surface area contributed by atoms with Crippen LogP contribution < -0.4 is 15.5 Å². The van der Waals surface area contributed by atoms with Crippen molar-refractivity contribution >= 4 is 40.3 Å². The number of anilines is 3. The van der Waals surface area contributed by atoms with Crippen LogP contribution in [0.3, 0.4) is 0 Å². The molecule has 3 heterocycles. The van der Waals surface area contributed by atoms with Crippen LogP contribution in [0.1, 0.15) is 0 Å². The quantitative estimate of drug-likeness (QED) is 0.432. The number of amides is 1. The van der Waals surface area contributed by atoms with Gasteiger partial charge in [-0.15, -0.1) is 0 Å². The second kappa shape index (κ2) is 9.65. The smallest absolute Gasteiger partial charge is 0.242 e. The molecule has 2 aromatic heterocycles. The first-order chi connectivity index (χ1) is 16.6. The number of rotatable bonds is 6. The number of hydrogen-bond acceptors (Lipinski definition) is 5. The van der Waals surface area contributed by atoms with E-state index in [1.54, 1.807) is 0 Å². The highest BCUT2D eigenvalue weighted by molar-refractivity contribution is 6.33. The number of benzene rings is 2. The molecule has 1 saturated heterocycles. The van der Waals surface area contributed by atoms with Gasteiger partial charge in [0.15, 0.2) is 0 Å². The number of halogens is 1. The molecule has 0 aliphatic carbocycles. The fourth-order valence-corrected chi connectivity index (χ4v) is 4.59. The average molecular weight is 475 g/mol. The van der Waals surface area contributed by atoms with Crippen molar-refractivity contribution in [1.82, 2.24) is 14.3 Å². The lowest BCUT2D eigenvalue weighted by Crippen LogP contribution is -2.50. The first kappa shape index (κ1) is 22.1. The highest BCUT2D eigenvalue weighted by Gasteiger charge is 2.23. The van der Waals surface area contributed by atoms with Gasteiger partial charge in [0.05, 0.1) is 17.3 Å². The van der Waals surface area contributed by atoms with Crippen molar-refractivity contribution in [3.63, 3.8) is 0 Å². The van der Waals surface area contributed by atoms with Crippen LogP contribution in [0, 0.1) is 0 Å². The van der Waals surface area contributed by atoms with E-state index in [1.165, 1.54) is 0 Å². The third-order valence-corrected chi connectivity index (χ3v) is 6.53. The number of para-hydroxylation sites is 1. The molecule has 8 heteroatoms. The summed E-state index contributed by atoms with van der Waals surface area (Å²) >= 11 is 6.35. The van der Waals surface area contributed by atoms with Crippen LogP contribution in [0.5, 0.6) is 0 Å².